The van der Waals surface area contributed by atoms with Gasteiger partial charge < -0.3 is 20.5 Å². The second-order valence-corrected chi connectivity index (χ2v) is 3.86. The molecule has 1 unspecified atom stereocenters. The summed E-state index contributed by atoms with van der Waals surface area (Å²) in [5.74, 6) is -1.43. The summed E-state index contributed by atoms with van der Waals surface area (Å²) in [5.41, 5.74) is 0. The van der Waals surface area contributed by atoms with Crippen LogP contribution in [0.3, 0.4) is 0 Å². The van der Waals surface area contributed by atoms with Crippen molar-refractivity contribution in [2.24, 2.45) is 0 Å². The zero-order valence-corrected chi connectivity index (χ0v) is 9.94. The van der Waals surface area contributed by atoms with E-state index >= 15 is 0 Å². The van der Waals surface area contributed by atoms with Gasteiger partial charge in [-0.15, -0.1) is 0 Å². The number of β-amino-alcohol motifs (C(OH)–C–C–N with tert-alkyl or cyclic N) is 1. The van der Waals surface area contributed by atoms with Crippen LogP contribution in [0.2, 0.25) is 0 Å². The van der Waals surface area contributed by atoms with Gasteiger partial charge in [0.2, 0.25) is 0 Å². The van der Waals surface area contributed by atoms with Crippen LogP contribution in [0.25, 0.3) is 0 Å². The minimum absolute atomic E-state index is 0.0730. The minimum atomic E-state index is -0.728. The number of rotatable bonds is 4. The van der Waals surface area contributed by atoms with Crippen molar-refractivity contribution in [3.05, 3.63) is 0 Å². The van der Waals surface area contributed by atoms with Crippen LogP contribution in [-0.2, 0) is 14.3 Å². The van der Waals surface area contributed by atoms with Crippen molar-refractivity contribution in [3.8, 4) is 0 Å². The molecule has 1 atom stereocenters. The molecule has 1 saturated heterocycles. The number of aliphatic hydroxyl groups excluding tert-OH is 1. The first-order valence-corrected chi connectivity index (χ1v) is 5.61. The predicted octanol–water partition coefficient (Wildman–Crippen LogP) is -2.46. The number of aliphatic hydroxyl groups is 1. The predicted molar refractivity (Wildman–Crippen MR) is 60.3 cm³/mol. The Morgan fingerprint density at radius 2 is 2.00 bits per heavy atom. The van der Waals surface area contributed by atoms with Crippen molar-refractivity contribution in [1.82, 2.24) is 15.5 Å². The number of amides is 2. The molecule has 0 aromatic heterocycles. The Balaban J connectivity index is 2.17. The van der Waals surface area contributed by atoms with Crippen LogP contribution < -0.4 is 10.6 Å². The highest BCUT2D eigenvalue weighted by Crippen LogP contribution is 1.97. The van der Waals surface area contributed by atoms with Crippen molar-refractivity contribution < 1.29 is 19.4 Å². The van der Waals surface area contributed by atoms with E-state index in [1.807, 2.05) is 0 Å². The number of carbonyl (C=O) groups is 2. The summed E-state index contributed by atoms with van der Waals surface area (Å²) < 4.78 is 5.18. The molecule has 3 N–H and O–H groups in total. The van der Waals surface area contributed by atoms with Gasteiger partial charge in [0, 0.05) is 33.2 Å². The molecule has 1 fully saturated rings. The van der Waals surface area contributed by atoms with Crippen molar-refractivity contribution in [2.45, 2.75) is 6.10 Å². The van der Waals surface area contributed by atoms with Gasteiger partial charge in [-0.2, -0.15) is 0 Å². The van der Waals surface area contributed by atoms with Gasteiger partial charge in [-0.25, -0.2) is 0 Å². The number of carbonyl (C=O) groups excluding carboxylic acids is 2. The largest absolute Gasteiger partial charge is 0.390 e. The number of hydrogen-bond acceptors (Lipinski definition) is 5. The lowest BCUT2D eigenvalue weighted by atomic mass is 10.3. The number of nitrogens with one attached hydrogen (secondary N) is 2. The third-order valence-electron chi connectivity index (χ3n) is 2.50. The van der Waals surface area contributed by atoms with Crippen molar-refractivity contribution in [3.63, 3.8) is 0 Å². The van der Waals surface area contributed by atoms with E-state index in [1.165, 1.54) is 7.05 Å². The van der Waals surface area contributed by atoms with Gasteiger partial charge in [0.1, 0.15) is 0 Å². The minimum Gasteiger partial charge on any atom is -0.390 e. The molecule has 0 saturated carbocycles. The number of ether oxygens (including phenoxy) is 1. The van der Waals surface area contributed by atoms with E-state index < -0.39 is 17.9 Å². The third kappa shape index (κ3) is 5.12. The van der Waals surface area contributed by atoms with Gasteiger partial charge in [-0.05, 0) is 0 Å². The Morgan fingerprint density at radius 1 is 1.35 bits per heavy atom. The Labute approximate surface area is 100 Å². The summed E-state index contributed by atoms with van der Waals surface area (Å²) in [7, 11) is 1.38. The molecule has 2 amide bonds. The van der Waals surface area contributed by atoms with E-state index in [4.69, 9.17) is 4.74 Å². The highest BCUT2D eigenvalue weighted by atomic mass is 16.5. The fraction of sp³-hybridized carbons (Fsp3) is 0.800. The number of nitrogens with zero attached hydrogens (tertiary/aromatic N) is 1. The summed E-state index contributed by atoms with van der Waals surface area (Å²) in [6.07, 6.45) is -0.679. The van der Waals surface area contributed by atoms with E-state index in [0.29, 0.717) is 19.8 Å². The topological polar surface area (TPSA) is 90.9 Å². The molecule has 1 aliphatic rings. The SMILES string of the molecule is CNC(=O)C(=O)NCC(O)CN1CCOCC1. The molecule has 0 radical (unpaired) electrons. The second-order valence-electron chi connectivity index (χ2n) is 3.86. The van der Waals surface area contributed by atoms with Crippen molar-refractivity contribution >= 4 is 11.8 Å². The molecule has 0 spiro atoms. The van der Waals surface area contributed by atoms with Crippen molar-refractivity contribution in [2.75, 3.05) is 46.4 Å². The van der Waals surface area contributed by atoms with Crippen LogP contribution in [-0.4, -0.2) is 74.4 Å². The zero-order valence-electron chi connectivity index (χ0n) is 9.94. The molecule has 0 aromatic carbocycles. The Kier molecular flexibility index (Phi) is 5.88. The Hall–Kier alpha value is -1.18. The summed E-state index contributed by atoms with van der Waals surface area (Å²) in [6, 6.07) is 0. The molecular formula is C10H19N3O4. The first kappa shape index (κ1) is 13.9. The second kappa shape index (κ2) is 7.21. The van der Waals surface area contributed by atoms with Gasteiger partial charge >= 0.3 is 11.8 Å². The Bertz CT molecular complexity index is 266. The van der Waals surface area contributed by atoms with Gasteiger partial charge in [0.15, 0.2) is 0 Å². The number of hydrogen-bond donors (Lipinski definition) is 3. The van der Waals surface area contributed by atoms with E-state index in [2.05, 4.69) is 15.5 Å². The lowest BCUT2D eigenvalue weighted by Crippen LogP contribution is -2.46. The molecule has 17 heavy (non-hydrogen) atoms. The van der Waals surface area contributed by atoms with E-state index in [0.717, 1.165) is 13.1 Å². The lowest BCUT2D eigenvalue weighted by molar-refractivity contribution is -0.139. The van der Waals surface area contributed by atoms with Crippen LogP contribution in [0.1, 0.15) is 0 Å². The van der Waals surface area contributed by atoms with E-state index in [1.54, 1.807) is 0 Å². The smallest absolute Gasteiger partial charge is 0.309 e. The normalized spacial score (nSPS) is 18.5. The summed E-state index contributed by atoms with van der Waals surface area (Å²) in [5, 5.41) is 14.2. The maximum Gasteiger partial charge on any atom is 0.309 e. The maximum absolute atomic E-state index is 11.1. The van der Waals surface area contributed by atoms with Crippen LogP contribution in [0.5, 0.6) is 0 Å². The highest BCUT2D eigenvalue weighted by Gasteiger charge is 2.17. The maximum atomic E-state index is 11.1. The molecule has 0 aliphatic carbocycles. The molecule has 1 aliphatic heterocycles. The zero-order chi connectivity index (χ0) is 12.7. The van der Waals surface area contributed by atoms with Crippen LogP contribution in [0.15, 0.2) is 0 Å². The lowest BCUT2D eigenvalue weighted by Gasteiger charge is -2.28. The van der Waals surface area contributed by atoms with E-state index in [-0.39, 0.29) is 6.54 Å². The van der Waals surface area contributed by atoms with Gasteiger partial charge in [-0.1, -0.05) is 0 Å². The van der Waals surface area contributed by atoms with Crippen LogP contribution in [0.4, 0.5) is 0 Å². The van der Waals surface area contributed by atoms with Gasteiger partial charge in [-0.3, -0.25) is 14.5 Å². The van der Waals surface area contributed by atoms with Gasteiger partial charge in [0.25, 0.3) is 0 Å². The first-order chi connectivity index (χ1) is 8.13. The fourth-order valence-corrected chi connectivity index (χ4v) is 1.55. The van der Waals surface area contributed by atoms with E-state index in [9.17, 15) is 14.7 Å². The van der Waals surface area contributed by atoms with Crippen LogP contribution >= 0.6 is 0 Å². The number of morpholine rings is 1. The molecule has 98 valence electrons. The molecule has 0 aromatic rings. The molecule has 7 heteroatoms. The average molecular weight is 245 g/mol. The molecule has 1 heterocycles. The summed E-state index contributed by atoms with van der Waals surface area (Å²) >= 11 is 0. The fourth-order valence-electron chi connectivity index (χ4n) is 1.55. The van der Waals surface area contributed by atoms with Gasteiger partial charge in [0.05, 0.1) is 19.3 Å². The first-order valence-electron chi connectivity index (χ1n) is 5.61. The monoisotopic (exact) mass is 245 g/mol. The molecule has 7 nitrogen and oxygen atoms in total. The quantitative estimate of drug-likeness (QED) is 0.478. The molecular weight excluding hydrogens is 226 g/mol. The summed E-state index contributed by atoms with van der Waals surface area (Å²) in [6.45, 7) is 3.43. The Morgan fingerprint density at radius 3 is 2.59 bits per heavy atom. The van der Waals surface area contributed by atoms with Crippen LogP contribution in [0, 0.1) is 0 Å². The standard InChI is InChI=1S/C10H19N3O4/c1-11-9(15)10(16)12-6-8(14)7-13-2-4-17-5-3-13/h8,14H,2-7H2,1H3,(H,11,15)(H,12,16). The molecule has 0 bridgehead atoms. The average Bonchev–Trinajstić information content (AvgIpc) is 2.36. The molecule has 1 rings (SSSR count). The highest BCUT2D eigenvalue weighted by molar-refractivity contribution is 6.34. The summed E-state index contributed by atoms with van der Waals surface area (Å²) in [4.78, 5) is 24.0. The van der Waals surface area contributed by atoms with Crippen molar-refractivity contribution in [1.29, 1.82) is 0 Å². The third-order valence-corrected chi connectivity index (χ3v) is 2.50. The number of likely N-dealkylation sites (N-methyl/N-ethyl adjacent to an activating group) is 1.